The van der Waals surface area contributed by atoms with Crippen molar-refractivity contribution in [1.29, 1.82) is 0 Å². The zero-order chi connectivity index (χ0) is 31.0. The van der Waals surface area contributed by atoms with E-state index in [9.17, 15) is 0 Å². The van der Waals surface area contributed by atoms with E-state index in [1.165, 1.54) is 74.0 Å². The standard InChI is InChI=1S/C30H28BN.2C6H5.Sn/c1-19-7-11-25(12-8-19)32-28-13-9-20(2)17-26(28)31(27-18-21(3)10-14-29(27)32)30-23(5)15-22(4)16-24(30)6;2*1-2-4-6-5-3-1;/h7-11,13,15-18H,1-6H3;2*1-5H;. The van der Waals surface area contributed by atoms with Crippen molar-refractivity contribution < 1.29 is 0 Å². The van der Waals surface area contributed by atoms with E-state index in [0.717, 1.165) is 0 Å². The van der Waals surface area contributed by atoms with E-state index in [0.29, 0.717) is 0 Å². The van der Waals surface area contributed by atoms with Crippen molar-refractivity contribution in [2.24, 2.45) is 0 Å². The Hall–Kier alpha value is -4.02. The monoisotopic (exact) mass is 687 g/mol. The molecule has 6 aromatic rings. The van der Waals surface area contributed by atoms with Crippen LogP contribution in [-0.2, 0) is 0 Å². The minimum atomic E-state index is -3.89. The molecule has 45 heavy (non-hydrogen) atoms. The van der Waals surface area contributed by atoms with Gasteiger partial charge < -0.3 is 0 Å². The fraction of sp³-hybridized carbons (Fsp3) is 0.143. The summed E-state index contributed by atoms with van der Waals surface area (Å²) in [6, 6.07) is 47.3. The van der Waals surface area contributed by atoms with Crippen molar-refractivity contribution >= 4 is 72.9 Å². The molecule has 0 unspecified atom stereocenters. The summed E-state index contributed by atoms with van der Waals surface area (Å²) >= 11 is -3.89. The third kappa shape index (κ3) is 4.14. The van der Waals surface area contributed by atoms with E-state index in [1.807, 2.05) is 0 Å². The van der Waals surface area contributed by atoms with Crippen LogP contribution in [0.2, 0.25) is 0 Å². The number of benzene rings is 6. The molecule has 0 fully saturated rings. The summed E-state index contributed by atoms with van der Waals surface area (Å²) in [5.41, 5.74) is 16.4. The molecule has 0 N–H and O–H groups in total. The van der Waals surface area contributed by atoms with Gasteiger partial charge in [-0.25, -0.2) is 0 Å². The molecule has 0 saturated heterocycles. The Morgan fingerprint density at radius 3 is 1.60 bits per heavy atom. The van der Waals surface area contributed by atoms with Crippen LogP contribution in [0.1, 0.15) is 33.4 Å². The van der Waals surface area contributed by atoms with Gasteiger partial charge in [0.25, 0.3) is 0 Å². The molecule has 0 amide bonds. The molecule has 0 spiro atoms. The first-order valence-corrected chi connectivity index (χ1v) is 21.9. The fourth-order valence-corrected chi connectivity index (χ4v) is 23.8. The van der Waals surface area contributed by atoms with Crippen LogP contribution < -0.4 is 35.6 Å². The summed E-state index contributed by atoms with van der Waals surface area (Å²) < 4.78 is 6.12. The molecule has 0 aliphatic carbocycles. The second kappa shape index (κ2) is 10.5. The van der Waals surface area contributed by atoms with Gasteiger partial charge >= 0.3 is 274 Å². The molecule has 0 saturated carbocycles. The van der Waals surface area contributed by atoms with Gasteiger partial charge in [-0.1, -0.05) is 0 Å². The average Bonchev–Trinajstić information content (AvgIpc) is 3.02. The number of hydrogen-bond donors (Lipinski definition) is 0. The summed E-state index contributed by atoms with van der Waals surface area (Å²) in [4.78, 5) is 2.64. The first kappa shape index (κ1) is 28.5. The van der Waals surface area contributed by atoms with E-state index in [-0.39, 0.29) is 6.71 Å². The van der Waals surface area contributed by atoms with Crippen molar-refractivity contribution in [1.82, 2.24) is 0 Å². The Morgan fingerprint density at radius 1 is 0.467 bits per heavy atom. The first-order valence-electron chi connectivity index (χ1n) is 16.1. The zero-order valence-electron chi connectivity index (χ0n) is 27.1. The quantitative estimate of drug-likeness (QED) is 0.221. The van der Waals surface area contributed by atoms with Crippen LogP contribution in [0.4, 0.5) is 17.1 Å². The van der Waals surface area contributed by atoms with Gasteiger partial charge in [-0.15, -0.1) is 0 Å². The molecule has 2 aliphatic rings. The maximum atomic E-state index is 2.64. The average molecular weight is 686 g/mol. The van der Waals surface area contributed by atoms with Gasteiger partial charge in [-0.05, 0) is 0 Å². The number of aryl methyl sites for hydroxylation is 6. The van der Waals surface area contributed by atoms with E-state index in [1.54, 1.807) is 7.16 Å². The van der Waals surface area contributed by atoms with Gasteiger partial charge in [-0.2, -0.15) is 0 Å². The van der Waals surface area contributed by atoms with Gasteiger partial charge in [-0.3, -0.25) is 0 Å². The SMILES string of the molecule is Cc1cc(C)c(B2c3cc(C)ccc3N3c4ccc(C)c[c]4[Sn]([c]4ccccc4)([c]4ccccc4)[c]4cc(C)cc2c43)c(C)c1. The van der Waals surface area contributed by atoms with E-state index < -0.39 is 18.4 Å². The Kier molecular flexibility index (Phi) is 6.66. The third-order valence-electron chi connectivity index (χ3n) is 10.2. The van der Waals surface area contributed by atoms with Crippen LogP contribution in [-0.4, -0.2) is 25.1 Å². The summed E-state index contributed by atoms with van der Waals surface area (Å²) in [6.45, 7) is 13.8. The summed E-state index contributed by atoms with van der Waals surface area (Å²) in [6.07, 6.45) is 0. The third-order valence-corrected chi connectivity index (χ3v) is 23.9. The van der Waals surface area contributed by atoms with Crippen LogP contribution in [0.15, 0.2) is 121 Å². The van der Waals surface area contributed by atoms with E-state index in [4.69, 9.17) is 0 Å². The number of hydrogen-bond acceptors (Lipinski definition) is 1. The second-order valence-electron chi connectivity index (χ2n) is 13.4. The van der Waals surface area contributed by atoms with Crippen molar-refractivity contribution in [2.45, 2.75) is 41.5 Å². The summed E-state index contributed by atoms with van der Waals surface area (Å²) in [5, 5.41) is 0. The first-order chi connectivity index (χ1) is 21.8. The maximum absolute atomic E-state index is 3.89. The molecule has 2 heterocycles. The predicted molar refractivity (Wildman–Crippen MR) is 198 cm³/mol. The van der Waals surface area contributed by atoms with Crippen LogP contribution in [0.3, 0.4) is 0 Å². The molecule has 2 aliphatic heterocycles. The van der Waals surface area contributed by atoms with Crippen molar-refractivity contribution in [3.8, 4) is 0 Å². The topological polar surface area (TPSA) is 3.24 Å². The van der Waals surface area contributed by atoms with Crippen LogP contribution in [0, 0.1) is 41.5 Å². The molecule has 218 valence electrons. The predicted octanol–water partition coefficient (Wildman–Crippen LogP) is 5.53. The minimum absolute atomic E-state index is 0.160. The number of nitrogens with zero attached hydrogens (tertiary/aromatic N) is 1. The Bertz CT molecular complexity index is 2070. The van der Waals surface area contributed by atoms with Crippen molar-refractivity contribution in [3.05, 3.63) is 155 Å². The summed E-state index contributed by atoms with van der Waals surface area (Å²) in [5.74, 6) is 0. The fourth-order valence-electron chi connectivity index (χ4n) is 8.62. The Morgan fingerprint density at radius 2 is 0.978 bits per heavy atom. The van der Waals surface area contributed by atoms with E-state index in [2.05, 4.69) is 168 Å². The molecule has 1 nitrogen and oxygen atoms in total. The van der Waals surface area contributed by atoms with Crippen molar-refractivity contribution in [3.63, 3.8) is 0 Å². The van der Waals surface area contributed by atoms with E-state index >= 15 is 0 Å². The zero-order valence-corrected chi connectivity index (χ0v) is 29.9. The Labute approximate surface area is 272 Å². The number of rotatable bonds is 3. The van der Waals surface area contributed by atoms with Crippen molar-refractivity contribution in [2.75, 3.05) is 4.90 Å². The van der Waals surface area contributed by atoms with Gasteiger partial charge in [0.2, 0.25) is 0 Å². The Balaban J connectivity index is 1.59. The van der Waals surface area contributed by atoms with Gasteiger partial charge in [0.15, 0.2) is 0 Å². The van der Waals surface area contributed by atoms with Crippen LogP contribution in [0.25, 0.3) is 0 Å². The van der Waals surface area contributed by atoms with Crippen LogP contribution in [0.5, 0.6) is 0 Å². The van der Waals surface area contributed by atoms with Gasteiger partial charge in [0, 0.05) is 0 Å². The second-order valence-corrected chi connectivity index (χ2v) is 24.0. The molecule has 8 rings (SSSR count). The number of anilines is 3. The normalized spacial score (nSPS) is 14.1. The summed E-state index contributed by atoms with van der Waals surface area (Å²) in [7, 11) is 0. The number of fused-ring (bicyclic) bond motifs is 4. The molecular weight excluding hydrogens is 648 g/mol. The molecular formula is C42H38BNSn. The molecule has 6 aromatic carbocycles. The molecule has 0 aromatic heterocycles. The molecule has 0 bridgehead atoms. The molecule has 0 atom stereocenters. The van der Waals surface area contributed by atoms with Gasteiger partial charge in [0.1, 0.15) is 0 Å². The van der Waals surface area contributed by atoms with Gasteiger partial charge in [0.05, 0.1) is 0 Å². The molecule has 3 heteroatoms. The molecule has 0 radical (unpaired) electrons. The van der Waals surface area contributed by atoms with Crippen LogP contribution >= 0.6 is 0 Å².